The van der Waals surface area contributed by atoms with E-state index >= 15 is 0 Å². The summed E-state index contributed by atoms with van der Waals surface area (Å²) in [7, 11) is 0. The molecule has 0 aromatic heterocycles. The molecule has 58 valence electrons. The van der Waals surface area contributed by atoms with Crippen LogP contribution in [0, 0.1) is 11.8 Å². The number of piperidine rings is 1. The molecule has 0 spiro atoms. The van der Waals surface area contributed by atoms with Crippen molar-refractivity contribution in [3.8, 4) is 0 Å². The lowest BCUT2D eigenvalue weighted by molar-refractivity contribution is 0.152. The predicted molar refractivity (Wildman–Crippen MR) is 42.9 cm³/mol. The van der Waals surface area contributed by atoms with E-state index in [4.69, 9.17) is 0 Å². The van der Waals surface area contributed by atoms with Crippen LogP contribution >= 0.6 is 0 Å². The Labute approximate surface area is 63.4 Å². The smallest absolute Gasteiger partial charge is 0.00696 e. The first-order valence-corrected chi connectivity index (χ1v) is 4.51. The molecule has 1 nitrogen and oxygen atoms in total. The van der Waals surface area contributed by atoms with Gasteiger partial charge in [-0.3, -0.25) is 0 Å². The topological polar surface area (TPSA) is 3.24 Å². The number of nitrogens with zero attached hydrogens (tertiary/aromatic N) is 1. The van der Waals surface area contributed by atoms with Gasteiger partial charge in [-0.05, 0) is 38.1 Å². The average molecular weight is 139 g/mol. The lowest BCUT2D eigenvalue weighted by atomic mass is 9.86. The van der Waals surface area contributed by atoms with Gasteiger partial charge < -0.3 is 4.90 Å². The minimum absolute atomic E-state index is 0.869. The zero-order valence-electron chi connectivity index (χ0n) is 7.01. The Morgan fingerprint density at radius 2 is 2.10 bits per heavy atom. The van der Waals surface area contributed by atoms with Crippen LogP contribution in [0.3, 0.4) is 0 Å². The molecule has 2 aliphatic heterocycles. The molecule has 0 amide bonds. The minimum atomic E-state index is 0.869. The highest BCUT2D eigenvalue weighted by Crippen LogP contribution is 2.34. The molecule has 0 radical (unpaired) electrons. The largest absolute Gasteiger partial charge is 0.300 e. The molecule has 2 fully saturated rings. The lowest BCUT2D eigenvalue weighted by Crippen LogP contribution is -2.37. The quantitative estimate of drug-likeness (QED) is 0.494. The van der Waals surface area contributed by atoms with Crippen LogP contribution in [0.25, 0.3) is 0 Å². The van der Waals surface area contributed by atoms with Crippen LogP contribution in [0.5, 0.6) is 0 Å². The number of fused-ring (bicyclic) bond motifs is 2. The van der Waals surface area contributed by atoms with Gasteiger partial charge in [-0.25, -0.2) is 0 Å². The van der Waals surface area contributed by atoms with Crippen molar-refractivity contribution in [1.29, 1.82) is 0 Å². The summed E-state index contributed by atoms with van der Waals surface area (Å²) in [5, 5.41) is 0. The second-order valence-corrected chi connectivity index (χ2v) is 4.11. The molecular weight excluding hydrogens is 122 g/mol. The van der Waals surface area contributed by atoms with Crippen LogP contribution in [-0.2, 0) is 0 Å². The van der Waals surface area contributed by atoms with Crippen LogP contribution in [0.15, 0.2) is 0 Å². The highest BCUT2D eigenvalue weighted by atomic mass is 15.2. The van der Waals surface area contributed by atoms with Crippen molar-refractivity contribution < 1.29 is 0 Å². The molecule has 2 heterocycles. The Morgan fingerprint density at radius 1 is 1.30 bits per heavy atom. The Balaban J connectivity index is 2.09. The summed E-state index contributed by atoms with van der Waals surface area (Å²) in [6.07, 6.45) is 2.90. The maximum atomic E-state index is 2.64. The Kier molecular flexibility index (Phi) is 1.48. The van der Waals surface area contributed by atoms with Crippen molar-refractivity contribution >= 4 is 0 Å². The van der Waals surface area contributed by atoms with E-state index in [0.29, 0.717) is 0 Å². The van der Waals surface area contributed by atoms with Crippen LogP contribution in [0.2, 0.25) is 0 Å². The summed E-state index contributed by atoms with van der Waals surface area (Å²) in [5.74, 6) is 2.03. The highest BCUT2D eigenvalue weighted by molar-refractivity contribution is 4.88. The first-order valence-electron chi connectivity index (χ1n) is 4.51. The van der Waals surface area contributed by atoms with Gasteiger partial charge in [0.15, 0.2) is 0 Å². The molecule has 10 heavy (non-hydrogen) atoms. The Hall–Kier alpha value is -0.0400. The summed E-state index contributed by atoms with van der Waals surface area (Å²) in [6, 6.07) is 0.869. The van der Waals surface area contributed by atoms with Gasteiger partial charge in [-0.15, -0.1) is 0 Å². The van der Waals surface area contributed by atoms with Gasteiger partial charge in [0.2, 0.25) is 0 Å². The van der Waals surface area contributed by atoms with Gasteiger partial charge in [0, 0.05) is 12.6 Å². The third-order valence-electron chi connectivity index (χ3n) is 3.40. The van der Waals surface area contributed by atoms with E-state index in [1.165, 1.54) is 25.9 Å². The number of hydrogen-bond donors (Lipinski definition) is 0. The zero-order valence-corrected chi connectivity index (χ0v) is 7.01. The van der Waals surface area contributed by atoms with E-state index in [1.54, 1.807) is 0 Å². The van der Waals surface area contributed by atoms with Gasteiger partial charge >= 0.3 is 0 Å². The summed E-state index contributed by atoms with van der Waals surface area (Å²) >= 11 is 0. The van der Waals surface area contributed by atoms with Gasteiger partial charge in [0.05, 0.1) is 0 Å². The molecule has 4 atom stereocenters. The average Bonchev–Trinajstić information content (AvgIpc) is 2.28. The summed E-state index contributed by atoms with van der Waals surface area (Å²) in [5.41, 5.74) is 0. The number of hydrogen-bond acceptors (Lipinski definition) is 1. The molecule has 1 heteroatoms. The number of rotatable bonds is 0. The molecule has 2 bridgehead atoms. The van der Waals surface area contributed by atoms with Gasteiger partial charge in [-0.2, -0.15) is 0 Å². The van der Waals surface area contributed by atoms with Crippen LogP contribution in [0.4, 0.5) is 0 Å². The van der Waals surface area contributed by atoms with Crippen molar-refractivity contribution in [2.45, 2.75) is 32.7 Å². The van der Waals surface area contributed by atoms with Crippen molar-refractivity contribution in [2.75, 3.05) is 13.1 Å². The first kappa shape index (κ1) is 6.66. The van der Waals surface area contributed by atoms with E-state index < -0.39 is 0 Å². The van der Waals surface area contributed by atoms with Crippen LogP contribution < -0.4 is 0 Å². The summed E-state index contributed by atoms with van der Waals surface area (Å²) in [4.78, 5) is 2.64. The monoisotopic (exact) mass is 139 g/mol. The van der Waals surface area contributed by atoms with Gasteiger partial charge in [-0.1, -0.05) is 6.92 Å². The fourth-order valence-electron chi connectivity index (χ4n) is 2.56. The van der Waals surface area contributed by atoms with Gasteiger partial charge in [0.25, 0.3) is 0 Å². The van der Waals surface area contributed by atoms with E-state index in [2.05, 4.69) is 18.7 Å². The summed E-state index contributed by atoms with van der Waals surface area (Å²) < 4.78 is 0. The van der Waals surface area contributed by atoms with Crippen LogP contribution in [0.1, 0.15) is 26.7 Å². The maximum Gasteiger partial charge on any atom is 0.00696 e. The molecule has 0 aromatic rings. The van der Waals surface area contributed by atoms with E-state index in [1.807, 2.05) is 0 Å². The maximum absolute atomic E-state index is 2.64. The minimum Gasteiger partial charge on any atom is -0.300 e. The molecular formula is C9H17N. The van der Waals surface area contributed by atoms with Crippen molar-refractivity contribution in [3.63, 3.8) is 0 Å². The molecule has 0 saturated carbocycles. The Bertz CT molecular complexity index is 119. The molecule has 2 rings (SSSR count). The highest BCUT2D eigenvalue weighted by Gasteiger charge is 2.35. The second-order valence-electron chi connectivity index (χ2n) is 4.11. The van der Waals surface area contributed by atoms with E-state index in [0.717, 1.165) is 17.9 Å². The SMILES string of the molecule is CC1CC(C)N2CCC1C2. The van der Waals surface area contributed by atoms with Crippen LogP contribution in [-0.4, -0.2) is 24.0 Å². The third kappa shape index (κ3) is 0.878. The predicted octanol–water partition coefficient (Wildman–Crippen LogP) is 1.74. The molecule has 0 aromatic carbocycles. The standard InChI is InChI=1S/C9H17N/c1-7-5-8(2)10-4-3-9(7)6-10/h7-9H,3-6H2,1-2H3. The molecule has 0 N–H and O–H groups in total. The molecule has 0 aliphatic carbocycles. The van der Waals surface area contributed by atoms with Crippen molar-refractivity contribution in [3.05, 3.63) is 0 Å². The third-order valence-corrected chi connectivity index (χ3v) is 3.40. The van der Waals surface area contributed by atoms with Crippen molar-refractivity contribution in [1.82, 2.24) is 4.90 Å². The normalized spacial score (nSPS) is 53.4. The molecule has 4 unspecified atom stereocenters. The lowest BCUT2D eigenvalue weighted by Gasteiger charge is -2.33. The Morgan fingerprint density at radius 3 is 2.90 bits per heavy atom. The zero-order chi connectivity index (χ0) is 7.14. The fourth-order valence-corrected chi connectivity index (χ4v) is 2.56. The molecule has 2 aliphatic rings. The van der Waals surface area contributed by atoms with Gasteiger partial charge in [0.1, 0.15) is 0 Å². The molecule has 2 saturated heterocycles. The summed E-state index contributed by atoms with van der Waals surface area (Å²) in [6.45, 7) is 7.56. The first-order chi connectivity index (χ1) is 4.77. The second kappa shape index (κ2) is 2.23. The van der Waals surface area contributed by atoms with Crippen molar-refractivity contribution in [2.24, 2.45) is 11.8 Å². The fraction of sp³-hybridized carbons (Fsp3) is 1.00. The van der Waals surface area contributed by atoms with E-state index in [9.17, 15) is 0 Å². The van der Waals surface area contributed by atoms with E-state index in [-0.39, 0.29) is 0 Å².